The van der Waals surface area contributed by atoms with Crippen LogP contribution < -0.4 is 10.6 Å². The summed E-state index contributed by atoms with van der Waals surface area (Å²) in [6, 6.07) is 5.17. The largest absolute Gasteiger partial charge is 0.382 e. The predicted molar refractivity (Wildman–Crippen MR) is 80.4 cm³/mol. The normalized spacial score (nSPS) is 21.3. The third-order valence-electron chi connectivity index (χ3n) is 4.13. The van der Waals surface area contributed by atoms with E-state index in [0.717, 1.165) is 12.1 Å². The van der Waals surface area contributed by atoms with Gasteiger partial charge in [-0.2, -0.15) is 0 Å². The molecule has 20 heavy (non-hydrogen) atoms. The minimum atomic E-state index is -0.409. The van der Waals surface area contributed by atoms with E-state index >= 15 is 0 Å². The van der Waals surface area contributed by atoms with Gasteiger partial charge in [-0.3, -0.25) is 4.79 Å². The average Bonchev–Trinajstić information content (AvgIpc) is 2.35. The molecule has 1 saturated carbocycles. The van der Waals surface area contributed by atoms with Crippen molar-refractivity contribution < 1.29 is 9.18 Å². The van der Waals surface area contributed by atoms with Gasteiger partial charge in [-0.15, -0.1) is 0 Å². The molecule has 0 spiro atoms. The Labute approximate surface area is 120 Å². The molecule has 1 aromatic carbocycles. The maximum Gasteiger partial charge on any atom is 0.221 e. The smallest absolute Gasteiger partial charge is 0.221 e. The van der Waals surface area contributed by atoms with Crippen LogP contribution in [-0.4, -0.2) is 11.9 Å². The van der Waals surface area contributed by atoms with Crippen molar-refractivity contribution in [2.45, 2.75) is 52.5 Å². The topological polar surface area (TPSA) is 41.1 Å². The van der Waals surface area contributed by atoms with Gasteiger partial charge in [0.15, 0.2) is 0 Å². The van der Waals surface area contributed by atoms with Crippen LogP contribution in [0, 0.1) is 11.2 Å². The molecule has 1 aliphatic carbocycles. The van der Waals surface area contributed by atoms with E-state index in [1.807, 2.05) is 0 Å². The molecule has 1 fully saturated rings. The molecule has 2 rings (SSSR count). The lowest BCUT2D eigenvalue weighted by Crippen LogP contribution is -2.38. The highest BCUT2D eigenvalue weighted by Crippen LogP contribution is 2.37. The highest BCUT2D eigenvalue weighted by molar-refractivity contribution is 5.89. The molecule has 0 aromatic heterocycles. The molecule has 1 aliphatic rings. The van der Waals surface area contributed by atoms with E-state index in [2.05, 4.69) is 24.5 Å². The molecule has 4 heteroatoms. The first-order valence-corrected chi connectivity index (χ1v) is 7.22. The number of benzene rings is 1. The Morgan fingerprint density at radius 2 is 2.10 bits per heavy atom. The quantitative estimate of drug-likeness (QED) is 0.871. The molecule has 3 nitrogen and oxygen atoms in total. The summed E-state index contributed by atoms with van der Waals surface area (Å²) in [5.74, 6) is -0.673. The Kier molecular flexibility index (Phi) is 4.31. The molecule has 1 unspecified atom stereocenters. The Balaban J connectivity index is 2.14. The van der Waals surface area contributed by atoms with Crippen molar-refractivity contribution in [3.63, 3.8) is 0 Å². The fourth-order valence-electron chi connectivity index (χ4n) is 2.86. The summed E-state index contributed by atoms with van der Waals surface area (Å²) < 4.78 is 13.6. The fraction of sp³-hybridized carbons (Fsp3) is 0.562. The van der Waals surface area contributed by atoms with Crippen LogP contribution in [-0.2, 0) is 4.79 Å². The summed E-state index contributed by atoms with van der Waals surface area (Å²) in [4.78, 5) is 11.1. The molecule has 1 aromatic rings. The van der Waals surface area contributed by atoms with Crippen molar-refractivity contribution in [2.24, 2.45) is 5.41 Å². The van der Waals surface area contributed by atoms with Crippen LogP contribution in [0.5, 0.6) is 0 Å². The molecule has 0 aliphatic heterocycles. The number of carbonyl (C=O) groups is 1. The van der Waals surface area contributed by atoms with Crippen LogP contribution in [0.1, 0.15) is 46.5 Å². The molecule has 0 bridgehead atoms. The van der Waals surface area contributed by atoms with Crippen LogP contribution in [0.15, 0.2) is 18.2 Å². The molecular formula is C16H23FN2O. The molecule has 2 N–H and O–H groups in total. The SMILES string of the molecule is CC(=O)Nc1cc(NC2CCCCC2(C)C)ccc1F. The maximum absolute atomic E-state index is 13.6. The van der Waals surface area contributed by atoms with E-state index in [0.29, 0.717) is 6.04 Å². The number of hydrogen-bond donors (Lipinski definition) is 2. The second kappa shape index (κ2) is 5.81. The third kappa shape index (κ3) is 3.50. The van der Waals surface area contributed by atoms with Crippen LogP contribution >= 0.6 is 0 Å². The van der Waals surface area contributed by atoms with Gasteiger partial charge in [-0.05, 0) is 36.5 Å². The Bertz CT molecular complexity index is 499. The van der Waals surface area contributed by atoms with E-state index in [1.165, 1.54) is 32.3 Å². The highest BCUT2D eigenvalue weighted by Gasteiger charge is 2.32. The second-order valence-corrected chi connectivity index (χ2v) is 6.31. The van der Waals surface area contributed by atoms with Crippen LogP contribution in [0.4, 0.5) is 15.8 Å². The fourth-order valence-corrected chi connectivity index (χ4v) is 2.86. The molecule has 110 valence electrons. The number of anilines is 2. The van der Waals surface area contributed by atoms with Gasteiger partial charge < -0.3 is 10.6 Å². The molecule has 0 heterocycles. The van der Waals surface area contributed by atoms with Crippen LogP contribution in [0.2, 0.25) is 0 Å². The van der Waals surface area contributed by atoms with Crippen molar-refractivity contribution in [3.05, 3.63) is 24.0 Å². The van der Waals surface area contributed by atoms with E-state index in [4.69, 9.17) is 0 Å². The van der Waals surface area contributed by atoms with E-state index < -0.39 is 5.82 Å². The lowest BCUT2D eigenvalue weighted by atomic mass is 9.73. The zero-order chi connectivity index (χ0) is 14.8. The summed E-state index contributed by atoms with van der Waals surface area (Å²) in [7, 11) is 0. The van der Waals surface area contributed by atoms with Gasteiger partial charge in [0.05, 0.1) is 5.69 Å². The highest BCUT2D eigenvalue weighted by atomic mass is 19.1. The zero-order valence-electron chi connectivity index (χ0n) is 12.4. The van der Waals surface area contributed by atoms with Crippen molar-refractivity contribution in [3.8, 4) is 0 Å². The van der Waals surface area contributed by atoms with Crippen molar-refractivity contribution in [1.82, 2.24) is 0 Å². The molecule has 1 amide bonds. The minimum Gasteiger partial charge on any atom is -0.382 e. The van der Waals surface area contributed by atoms with Gasteiger partial charge in [0, 0.05) is 18.7 Å². The van der Waals surface area contributed by atoms with Crippen LogP contribution in [0.25, 0.3) is 0 Å². The molecule has 0 radical (unpaired) electrons. The molecule has 1 atom stereocenters. The maximum atomic E-state index is 13.6. The zero-order valence-corrected chi connectivity index (χ0v) is 12.4. The monoisotopic (exact) mass is 278 g/mol. The summed E-state index contributed by atoms with van der Waals surface area (Å²) in [5, 5.41) is 6.01. The third-order valence-corrected chi connectivity index (χ3v) is 4.13. The van der Waals surface area contributed by atoms with Gasteiger partial charge in [-0.25, -0.2) is 4.39 Å². The summed E-state index contributed by atoms with van der Waals surface area (Å²) in [5.41, 5.74) is 1.33. The number of amides is 1. The molecular weight excluding hydrogens is 255 g/mol. The van der Waals surface area contributed by atoms with E-state index in [1.54, 1.807) is 12.1 Å². The summed E-state index contributed by atoms with van der Waals surface area (Å²) >= 11 is 0. The standard InChI is InChI=1S/C16H23FN2O/c1-11(20)18-14-10-12(7-8-13(14)17)19-15-6-4-5-9-16(15,2)3/h7-8,10,15,19H,4-6,9H2,1-3H3,(H,18,20). The number of nitrogens with one attached hydrogen (secondary N) is 2. The lowest BCUT2D eigenvalue weighted by Gasteiger charge is -2.39. The van der Waals surface area contributed by atoms with Gasteiger partial charge >= 0.3 is 0 Å². The van der Waals surface area contributed by atoms with E-state index in [9.17, 15) is 9.18 Å². The van der Waals surface area contributed by atoms with Crippen molar-refractivity contribution >= 4 is 17.3 Å². The first kappa shape index (κ1) is 14.8. The lowest BCUT2D eigenvalue weighted by molar-refractivity contribution is -0.114. The Hall–Kier alpha value is -1.58. The van der Waals surface area contributed by atoms with E-state index in [-0.39, 0.29) is 17.0 Å². The average molecular weight is 278 g/mol. The van der Waals surface area contributed by atoms with Crippen molar-refractivity contribution in [2.75, 3.05) is 10.6 Å². The Morgan fingerprint density at radius 1 is 1.35 bits per heavy atom. The van der Waals surface area contributed by atoms with Gasteiger partial charge in [-0.1, -0.05) is 26.7 Å². The first-order valence-electron chi connectivity index (χ1n) is 7.22. The number of halogens is 1. The van der Waals surface area contributed by atoms with Gasteiger partial charge in [0.25, 0.3) is 0 Å². The van der Waals surface area contributed by atoms with Crippen LogP contribution in [0.3, 0.4) is 0 Å². The minimum absolute atomic E-state index is 0.233. The summed E-state index contributed by atoms with van der Waals surface area (Å²) in [6.07, 6.45) is 4.82. The van der Waals surface area contributed by atoms with Gasteiger partial charge in [0.1, 0.15) is 5.82 Å². The van der Waals surface area contributed by atoms with Gasteiger partial charge in [0.2, 0.25) is 5.91 Å². The molecule has 0 saturated heterocycles. The second-order valence-electron chi connectivity index (χ2n) is 6.31. The number of hydrogen-bond acceptors (Lipinski definition) is 2. The summed E-state index contributed by atoms with van der Waals surface area (Å²) in [6.45, 7) is 5.91. The number of rotatable bonds is 3. The Morgan fingerprint density at radius 3 is 2.75 bits per heavy atom. The number of carbonyl (C=O) groups excluding carboxylic acids is 1. The first-order chi connectivity index (χ1) is 9.38. The predicted octanol–water partition coefficient (Wildman–Crippen LogP) is 4.16. The van der Waals surface area contributed by atoms with Crippen molar-refractivity contribution in [1.29, 1.82) is 0 Å².